The molecule has 0 bridgehead atoms. The highest BCUT2D eigenvalue weighted by molar-refractivity contribution is 5.87. The maximum absolute atomic E-state index is 11.5. The van der Waals surface area contributed by atoms with E-state index in [0.29, 0.717) is 12.4 Å². The molecule has 0 aliphatic heterocycles. The van der Waals surface area contributed by atoms with Crippen LogP contribution < -0.4 is 10.6 Å². The summed E-state index contributed by atoms with van der Waals surface area (Å²) in [7, 11) is 1.65. The SMILES string of the molecule is CC(CCC(=O)O)NC(=O)Nc1ncnn1C. The first-order valence-corrected chi connectivity index (χ1v) is 5.12. The molecule has 8 heteroatoms. The molecule has 1 heterocycles. The highest BCUT2D eigenvalue weighted by Crippen LogP contribution is 1.99. The molecule has 0 aromatic carbocycles. The Morgan fingerprint density at radius 1 is 1.59 bits per heavy atom. The van der Waals surface area contributed by atoms with Crippen molar-refractivity contribution in [3.05, 3.63) is 6.33 Å². The van der Waals surface area contributed by atoms with Crippen LogP contribution in [0.15, 0.2) is 6.33 Å². The lowest BCUT2D eigenvalue weighted by molar-refractivity contribution is -0.137. The van der Waals surface area contributed by atoms with Crippen LogP contribution in [0.2, 0.25) is 0 Å². The average molecular weight is 241 g/mol. The van der Waals surface area contributed by atoms with Gasteiger partial charge in [-0.05, 0) is 13.3 Å². The Labute approximate surface area is 98.0 Å². The van der Waals surface area contributed by atoms with Gasteiger partial charge >= 0.3 is 12.0 Å². The highest BCUT2D eigenvalue weighted by atomic mass is 16.4. The lowest BCUT2D eigenvalue weighted by atomic mass is 10.2. The van der Waals surface area contributed by atoms with Crippen molar-refractivity contribution in [2.45, 2.75) is 25.8 Å². The lowest BCUT2D eigenvalue weighted by Crippen LogP contribution is -2.37. The minimum atomic E-state index is -0.882. The van der Waals surface area contributed by atoms with Crippen LogP contribution in [0.5, 0.6) is 0 Å². The number of carboxylic acids is 1. The predicted octanol–water partition coefficient (Wildman–Crippen LogP) is 0.190. The summed E-state index contributed by atoms with van der Waals surface area (Å²) in [6, 6.07) is -0.654. The minimum absolute atomic E-state index is 0.0193. The zero-order chi connectivity index (χ0) is 12.8. The molecule has 2 amide bonds. The number of amides is 2. The molecule has 0 aliphatic rings. The molecule has 0 aliphatic carbocycles. The summed E-state index contributed by atoms with van der Waals surface area (Å²) in [5.41, 5.74) is 0. The summed E-state index contributed by atoms with van der Waals surface area (Å²) in [5, 5.41) is 17.4. The van der Waals surface area contributed by atoms with Gasteiger partial charge in [-0.2, -0.15) is 10.1 Å². The van der Waals surface area contributed by atoms with Gasteiger partial charge in [0.1, 0.15) is 6.33 Å². The van der Waals surface area contributed by atoms with Gasteiger partial charge in [0.25, 0.3) is 0 Å². The number of aliphatic carboxylic acids is 1. The molecule has 94 valence electrons. The first-order chi connectivity index (χ1) is 7.99. The van der Waals surface area contributed by atoms with Gasteiger partial charge in [-0.25, -0.2) is 9.48 Å². The van der Waals surface area contributed by atoms with Gasteiger partial charge < -0.3 is 10.4 Å². The molecule has 1 rings (SSSR count). The molecule has 1 atom stereocenters. The van der Waals surface area contributed by atoms with Crippen molar-refractivity contribution < 1.29 is 14.7 Å². The number of nitrogens with one attached hydrogen (secondary N) is 2. The summed E-state index contributed by atoms with van der Waals surface area (Å²) in [6.45, 7) is 1.74. The van der Waals surface area contributed by atoms with Crippen LogP contribution in [-0.4, -0.2) is 37.9 Å². The largest absolute Gasteiger partial charge is 0.481 e. The Bertz CT molecular complexity index is 403. The topological polar surface area (TPSA) is 109 Å². The van der Waals surface area contributed by atoms with Crippen LogP contribution in [0.1, 0.15) is 19.8 Å². The number of hydrogen-bond acceptors (Lipinski definition) is 4. The summed E-state index contributed by atoms with van der Waals surface area (Å²) in [4.78, 5) is 25.6. The van der Waals surface area contributed by atoms with Crippen molar-refractivity contribution in [3.63, 3.8) is 0 Å². The van der Waals surface area contributed by atoms with E-state index >= 15 is 0 Å². The number of aryl methyl sites for hydroxylation is 1. The van der Waals surface area contributed by atoms with Gasteiger partial charge in [-0.3, -0.25) is 10.1 Å². The smallest absolute Gasteiger partial charge is 0.321 e. The lowest BCUT2D eigenvalue weighted by Gasteiger charge is -2.12. The quantitative estimate of drug-likeness (QED) is 0.681. The fourth-order valence-electron chi connectivity index (χ4n) is 1.18. The van der Waals surface area contributed by atoms with E-state index in [1.165, 1.54) is 11.0 Å². The van der Waals surface area contributed by atoms with Crippen molar-refractivity contribution in [2.75, 3.05) is 5.32 Å². The third-order valence-electron chi connectivity index (χ3n) is 2.11. The van der Waals surface area contributed by atoms with Gasteiger partial charge in [0.15, 0.2) is 0 Å². The van der Waals surface area contributed by atoms with Crippen LogP contribution >= 0.6 is 0 Å². The number of urea groups is 1. The molecule has 0 spiro atoms. The van der Waals surface area contributed by atoms with E-state index in [1.54, 1.807) is 14.0 Å². The second kappa shape index (κ2) is 5.83. The molecular weight excluding hydrogens is 226 g/mol. The summed E-state index contributed by atoms with van der Waals surface area (Å²) in [6.07, 6.45) is 1.72. The molecule has 0 radical (unpaired) electrons. The van der Waals surface area contributed by atoms with E-state index in [4.69, 9.17) is 5.11 Å². The number of carboxylic acid groups (broad SMARTS) is 1. The summed E-state index contributed by atoms with van der Waals surface area (Å²) in [5.74, 6) is -0.555. The third-order valence-corrected chi connectivity index (χ3v) is 2.11. The number of carbonyl (C=O) groups is 2. The Morgan fingerprint density at radius 2 is 2.29 bits per heavy atom. The summed E-state index contributed by atoms with van der Waals surface area (Å²) >= 11 is 0. The molecule has 3 N–H and O–H groups in total. The maximum Gasteiger partial charge on any atom is 0.321 e. The second-order valence-corrected chi connectivity index (χ2v) is 3.64. The van der Waals surface area contributed by atoms with Gasteiger partial charge in [0, 0.05) is 19.5 Å². The van der Waals surface area contributed by atoms with Crippen LogP contribution in [0.25, 0.3) is 0 Å². The van der Waals surface area contributed by atoms with Gasteiger partial charge in [0.05, 0.1) is 0 Å². The summed E-state index contributed by atoms with van der Waals surface area (Å²) < 4.78 is 1.42. The number of rotatable bonds is 5. The number of anilines is 1. The highest BCUT2D eigenvalue weighted by Gasteiger charge is 2.10. The van der Waals surface area contributed by atoms with E-state index in [1.807, 2.05) is 0 Å². The Morgan fingerprint density at radius 3 is 2.82 bits per heavy atom. The van der Waals surface area contributed by atoms with E-state index in [0.717, 1.165) is 0 Å². The van der Waals surface area contributed by atoms with E-state index < -0.39 is 12.0 Å². The molecule has 0 saturated carbocycles. The van der Waals surface area contributed by atoms with Gasteiger partial charge in [0.2, 0.25) is 5.95 Å². The number of hydrogen-bond donors (Lipinski definition) is 3. The third kappa shape index (κ3) is 4.49. The van der Waals surface area contributed by atoms with Crippen molar-refractivity contribution in [3.8, 4) is 0 Å². The predicted molar refractivity (Wildman–Crippen MR) is 59.5 cm³/mol. The van der Waals surface area contributed by atoms with Crippen LogP contribution in [0.3, 0.4) is 0 Å². The normalized spacial score (nSPS) is 11.9. The first kappa shape index (κ1) is 12.9. The maximum atomic E-state index is 11.5. The van der Waals surface area contributed by atoms with Gasteiger partial charge in [-0.15, -0.1) is 0 Å². The van der Waals surface area contributed by atoms with Crippen molar-refractivity contribution >= 4 is 17.9 Å². The zero-order valence-electron chi connectivity index (χ0n) is 9.67. The fourth-order valence-corrected chi connectivity index (χ4v) is 1.18. The van der Waals surface area contributed by atoms with E-state index in [2.05, 4.69) is 20.7 Å². The first-order valence-electron chi connectivity index (χ1n) is 5.12. The standard InChI is InChI=1S/C9H15N5O3/c1-6(3-4-7(15)16)12-9(17)13-8-10-5-11-14(8)2/h5-6H,3-4H2,1-2H3,(H,15,16)(H2,10,11,12,13,17). The number of aromatic nitrogens is 3. The molecular formula is C9H15N5O3. The molecule has 0 saturated heterocycles. The molecule has 1 aromatic heterocycles. The molecule has 1 unspecified atom stereocenters. The van der Waals surface area contributed by atoms with Crippen LogP contribution in [0.4, 0.5) is 10.7 Å². The van der Waals surface area contributed by atoms with Crippen molar-refractivity contribution in [1.82, 2.24) is 20.1 Å². The molecule has 8 nitrogen and oxygen atoms in total. The van der Waals surface area contributed by atoms with E-state index in [9.17, 15) is 9.59 Å². The molecule has 0 fully saturated rings. The second-order valence-electron chi connectivity index (χ2n) is 3.64. The van der Waals surface area contributed by atoms with Crippen molar-refractivity contribution in [1.29, 1.82) is 0 Å². The van der Waals surface area contributed by atoms with Gasteiger partial charge in [-0.1, -0.05) is 0 Å². The Kier molecular flexibility index (Phi) is 4.44. The fraction of sp³-hybridized carbons (Fsp3) is 0.556. The monoisotopic (exact) mass is 241 g/mol. The number of nitrogens with zero attached hydrogens (tertiary/aromatic N) is 3. The Hall–Kier alpha value is -2.12. The van der Waals surface area contributed by atoms with E-state index in [-0.39, 0.29) is 12.5 Å². The van der Waals surface area contributed by atoms with Crippen molar-refractivity contribution in [2.24, 2.45) is 7.05 Å². The molecule has 1 aromatic rings. The van der Waals surface area contributed by atoms with Crippen LogP contribution in [-0.2, 0) is 11.8 Å². The average Bonchev–Trinajstić information content (AvgIpc) is 2.61. The Balaban J connectivity index is 2.34. The zero-order valence-corrected chi connectivity index (χ0v) is 9.67. The number of carbonyl (C=O) groups excluding carboxylic acids is 1. The molecule has 17 heavy (non-hydrogen) atoms. The minimum Gasteiger partial charge on any atom is -0.481 e. The van der Waals surface area contributed by atoms with Crippen LogP contribution in [0, 0.1) is 0 Å².